The van der Waals surface area contributed by atoms with Crippen molar-refractivity contribution in [2.75, 3.05) is 22.5 Å². The Bertz CT molecular complexity index is 658. The molecule has 4 nitrogen and oxygen atoms in total. The summed E-state index contributed by atoms with van der Waals surface area (Å²) in [7, 11) is 0. The molecule has 0 saturated carbocycles. The molecule has 0 aliphatic rings. The van der Waals surface area contributed by atoms with Crippen LogP contribution in [0.25, 0.3) is 0 Å². The zero-order valence-electron chi connectivity index (χ0n) is 12.1. The SMILES string of the molecule is CCN(C(=O)Nc1ccc(C)c(Cl)c1)c1ccccc1N. The topological polar surface area (TPSA) is 58.4 Å². The molecule has 0 aliphatic carbocycles. The number of anilines is 3. The number of hydrogen-bond donors (Lipinski definition) is 2. The number of amides is 2. The third kappa shape index (κ3) is 3.47. The van der Waals surface area contributed by atoms with Crippen LogP contribution >= 0.6 is 11.6 Å². The molecule has 21 heavy (non-hydrogen) atoms. The molecule has 0 bridgehead atoms. The summed E-state index contributed by atoms with van der Waals surface area (Å²) in [6.45, 7) is 4.32. The zero-order valence-corrected chi connectivity index (χ0v) is 12.8. The van der Waals surface area contributed by atoms with Gasteiger partial charge in [-0.15, -0.1) is 0 Å². The minimum atomic E-state index is -0.240. The van der Waals surface area contributed by atoms with Crippen LogP contribution in [0, 0.1) is 6.92 Å². The van der Waals surface area contributed by atoms with Crippen molar-refractivity contribution in [3.05, 3.63) is 53.1 Å². The van der Waals surface area contributed by atoms with E-state index in [4.69, 9.17) is 17.3 Å². The quantitative estimate of drug-likeness (QED) is 0.831. The maximum atomic E-state index is 12.4. The van der Waals surface area contributed by atoms with Crippen LogP contribution in [0.2, 0.25) is 5.02 Å². The van der Waals surface area contributed by atoms with E-state index in [1.807, 2.05) is 44.2 Å². The van der Waals surface area contributed by atoms with E-state index in [0.717, 1.165) is 5.56 Å². The van der Waals surface area contributed by atoms with E-state index >= 15 is 0 Å². The summed E-state index contributed by atoms with van der Waals surface area (Å²) < 4.78 is 0. The second-order valence-electron chi connectivity index (χ2n) is 4.70. The number of nitrogens with two attached hydrogens (primary N) is 1. The molecule has 2 aromatic carbocycles. The molecule has 0 atom stereocenters. The van der Waals surface area contributed by atoms with Gasteiger partial charge in [-0.1, -0.05) is 29.8 Å². The Morgan fingerprint density at radius 3 is 2.62 bits per heavy atom. The predicted molar refractivity (Wildman–Crippen MR) is 89.1 cm³/mol. The monoisotopic (exact) mass is 303 g/mol. The Kier molecular flexibility index (Phi) is 4.70. The van der Waals surface area contributed by atoms with Crippen molar-refractivity contribution in [3.63, 3.8) is 0 Å². The molecular weight excluding hydrogens is 286 g/mol. The second-order valence-corrected chi connectivity index (χ2v) is 5.10. The number of carbonyl (C=O) groups excluding carboxylic acids is 1. The van der Waals surface area contributed by atoms with Gasteiger partial charge in [0.15, 0.2) is 0 Å². The molecule has 2 rings (SSSR count). The first-order valence-corrected chi connectivity index (χ1v) is 7.10. The summed E-state index contributed by atoms with van der Waals surface area (Å²) in [6.07, 6.45) is 0. The summed E-state index contributed by atoms with van der Waals surface area (Å²) in [5.41, 5.74) is 8.81. The normalized spacial score (nSPS) is 10.2. The summed E-state index contributed by atoms with van der Waals surface area (Å²) in [6, 6.07) is 12.5. The van der Waals surface area contributed by atoms with E-state index in [0.29, 0.717) is 28.6 Å². The molecule has 2 aromatic rings. The third-order valence-corrected chi connectivity index (χ3v) is 3.62. The minimum absolute atomic E-state index is 0.240. The van der Waals surface area contributed by atoms with E-state index in [9.17, 15) is 4.79 Å². The Hall–Kier alpha value is -2.20. The van der Waals surface area contributed by atoms with Gasteiger partial charge in [-0.25, -0.2) is 4.79 Å². The van der Waals surface area contributed by atoms with Gasteiger partial charge < -0.3 is 11.1 Å². The molecule has 0 heterocycles. The lowest BCUT2D eigenvalue weighted by molar-refractivity contribution is 0.257. The van der Waals surface area contributed by atoms with E-state index < -0.39 is 0 Å². The summed E-state index contributed by atoms with van der Waals surface area (Å²) in [5, 5.41) is 3.45. The van der Waals surface area contributed by atoms with Crippen LogP contribution < -0.4 is 16.0 Å². The molecule has 110 valence electrons. The average molecular weight is 304 g/mol. The Morgan fingerprint density at radius 2 is 2.00 bits per heavy atom. The van der Waals surface area contributed by atoms with E-state index in [2.05, 4.69) is 5.32 Å². The van der Waals surface area contributed by atoms with Gasteiger partial charge in [0.05, 0.1) is 11.4 Å². The van der Waals surface area contributed by atoms with Gasteiger partial charge in [0.2, 0.25) is 0 Å². The molecule has 3 N–H and O–H groups in total. The lowest BCUT2D eigenvalue weighted by Gasteiger charge is -2.23. The van der Waals surface area contributed by atoms with Gasteiger partial charge >= 0.3 is 6.03 Å². The molecule has 5 heteroatoms. The van der Waals surface area contributed by atoms with Crippen molar-refractivity contribution in [3.8, 4) is 0 Å². The first-order chi connectivity index (χ1) is 10.0. The number of hydrogen-bond acceptors (Lipinski definition) is 2. The molecule has 0 fully saturated rings. The Balaban J connectivity index is 2.21. The number of nitrogens with one attached hydrogen (secondary N) is 1. The summed E-state index contributed by atoms with van der Waals surface area (Å²) in [5.74, 6) is 0. The van der Waals surface area contributed by atoms with Crippen molar-refractivity contribution in [1.29, 1.82) is 0 Å². The number of benzene rings is 2. The fourth-order valence-electron chi connectivity index (χ4n) is 2.02. The Labute approximate surface area is 129 Å². The first kappa shape index (κ1) is 15.2. The minimum Gasteiger partial charge on any atom is -0.397 e. The molecule has 0 unspecified atom stereocenters. The number of halogens is 1. The summed E-state index contributed by atoms with van der Waals surface area (Å²) in [4.78, 5) is 14.0. The highest BCUT2D eigenvalue weighted by atomic mass is 35.5. The highest BCUT2D eigenvalue weighted by molar-refractivity contribution is 6.31. The first-order valence-electron chi connectivity index (χ1n) is 6.72. The highest BCUT2D eigenvalue weighted by Gasteiger charge is 2.16. The molecule has 0 spiro atoms. The second kappa shape index (κ2) is 6.50. The number of para-hydroxylation sites is 2. The maximum Gasteiger partial charge on any atom is 0.326 e. The smallest absolute Gasteiger partial charge is 0.326 e. The van der Waals surface area contributed by atoms with Gasteiger partial charge in [-0.05, 0) is 43.7 Å². The van der Waals surface area contributed by atoms with Crippen LogP contribution in [0.3, 0.4) is 0 Å². The molecule has 0 aliphatic heterocycles. The lowest BCUT2D eigenvalue weighted by atomic mass is 10.2. The van der Waals surface area contributed by atoms with Crippen molar-refractivity contribution in [1.82, 2.24) is 0 Å². The van der Waals surface area contributed by atoms with E-state index in [1.54, 1.807) is 17.0 Å². The summed E-state index contributed by atoms with van der Waals surface area (Å²) >= 11 is 6.07. The molecule has 0 aromatic heterocycles. The van der Waals surface area contributed by atoms with E-state index in [1.165, 1.54) is 0 Å². The number of nitrogen functional groups attached to an aromatic ring is 1. The zero-order chi connectivity index (χ0) is 15.4. The fraction of sp³-hybridized carbons (Fsp3) is 0.188. The van der Waals surface area contributed by atoms with Crippen molar-refractivity contribution in [2.24, 2.45) is 0 Å². The van der Waals surface area contributed by atoms with Crippen LogP contribution in [0.1, 0.15) is 12.5 Å². The number of aryl methyl sites for hydroxylation is 1. The van der Waals surface area contributed by atoms with Gasteiger partial charge in [0, 0.05) is 17.3 Å². The maximum absolute atomic E-state index is 12.4. The van der Waals surface area contributed by atoms with Gasteiger partial charge in [-0.3, -0.25) is 4.90 Å². The van der Waals surface area contributed by atoms with Crippen LogP contribution in [0.4, 0.5) is 21.9 Å². The van der Waals surface area contributed by atoms with Crippen LogP contribution in [0.5, 0.6) is 0 Å². The standard InChI is InChI=1S/C16H18ClN3O/c1-3-20(15-7-5-4-6-14(15)18)16(21)19-12-9-8-11(2)13(17)10-12/h4-10H,3,18H2,1-2H3,(H,19,21). The van der Waals surface area contributed by atoms with Crippen LogP contribution in [-0.2, 0) is 0 Å². The third-order valence-electron chi connectivity index (χ3n) is 3.21. The largest absolute Gasteiger partial charge is 0.397 e. The number of nitrogens with zero attached hydrogens (tertiary/aromatic N) is 1. The Morgan fingerprint density at radius 1 is 1.29 bits per heavy atom. The number of urea groups is 1. The van der Waals surface area contributed by atoms with E-state index in [-0.39, 0.29) is 6.03 Å². The van der Waals surface area contributed by atoms with Crippen molar-refractivity contribution < 1.29 is 4.79 Å². The average Bonchev–Trinajstić information content (AvgIpc) is 2.46. The van der Waals surface area contributed by atoms with Crippen molar-refractivity contribution in [2.45, 2.75) is 13.8 Å². The lowest BCUT2D eigenvalue weighted by Crippen LogP contribution is -2.35. The molecule has 0 radical (unpaired) electrons. The number of rotatable bonds is 3. The number of carbonyl (C=O) groups is 1. The predicted octanol–water partition coefficient (Wildman–Crippen LogP) is 4.29. The van der Waals surface area contributed by atoms with Gasteiger partial charge in [0.25, 0.3) is 0 Å². The molecular formula is C16H18ClN3O. The molecule has 2 amide bonds. The van der Waals surface area contributed by atoms with Gasteiger partial charge in [-0.2, -0.15) is 0 Å². The highest BCUT2D eigenvalue weighted by Crippen LogP contribution is 2.24. The fourth-order valence-corrected chi connectivity index (χ4v) is 2.20. The van der Waals surface area contributed by atoms with Gasteiger partial charge in [0.1, 0.15) is 0 Å². The van der Waals surface area contributed by atoms with Crippen molar-refractivity contribution >= 4 is 34.7 Å². The van der Waals surface area contributed by atoms with Crippen LogP contribution in [0.15, 0.2) is 42.5 Å². The van der Waals surface area contributed by atoms with Crippen LogP contribution in [-0.4, -0.2) is 12.6 Å². The molecule has 0 saturated heterocycles.